The maximum atomic E-state index is 9.34. The molecule has 3 radical (unpaired) electrons. The van der Waals surface area contributed by atoms with E-state index in [0.717, 1.165) is 50.6 Å². The van der Waals surface area contributed by atoms with Gasteiger partial charge in [0.05, 0.1) is 19.8 Å². The van der Waals surface area contributed by atoms with Gasteiger partial charge in [0, 0.05) is 40.6 Å². The lowest BCUT2D eigenvalue weighted by molar-refractivity contribution is 0.233. The second-order valence-corrected chi connectivity index (χ2v) is 5.95. The lowest BCUT2D eigenvalue weighted by Crippen LogP contribution is -2.31. The van der Waals surface area contributed by atoms with Crippen LogP contribution in [0, 0.1) is 0 Å². The minimum Gasteiger partial charge on any atom is -0.511 e. The molecule has 0 fully saturated rings. The molecule has 0 aliphatic carbocycles. The van der Waals surface area contributed by atoms with Crippen molar-refractivity contribution in [3.8, 4) is 0 Å². The molecule has 0 aromatic heterocycles. The highest BCUT2D eigenvalue weighted by atomic mass is 31.0. The number of aliphatic hydroxyl groups is 3. The maximum Gasteiger partial charge on any atom is 0.108 e. The Morgan fingerprint density at radius 2 is 1.64 bits per heavy atom. The van der Waals surface area contributed by atoms with Crippen molar-refractivity contribution in [1.29, 1.82) is 0 Å². The zero-order valence-corrected chi connectivity index (χ0v) is 15.4. The average molecular weight is 345 g/mol. The second kappa shape index (κ2) is 12.5. The van der Waals surface area contributed by atoms with Crippen LogP contribution in [-0.2, 0) is 0 Å². The molecule has 0 amide bonds. The highest BCUT2D eigenvalue weighted by molar-refractivity contribution is 7.16. The summed E-state index contributed by atoms with van der Waals surface area (Å²) in [6, 6.07) is 0. The van der Waals surface area contributed by atoms with Crippen LogP contribution in [0.1, 0.15) is 12.8 Å². The van der Waals surface area contributed by atoms with Crippen molar-refractivity contribution in [2.45, 2.75) is 12.8 Å². The van der Waals surface area contributed by atoms with Gasteiger partial charge in [-0.15, -0.1) is 18.5 Å². The van der Waals surface area contributed by atoms with Crippen molar-refractivity contribution in [3.63, 3.8) is 0 Å². The molecular weight excluding hydrogens is 317 g/mol. The predicted molar refractivity (Wildman–Crippen MR) is 99.2 cm³/mol. The molecule has 2 atom stereocenters. The van der Waals surface area contributed by atoms with Crippen LogP contribution in [0.15, 0.2) is 23.0 Å². The molecule has 125 valence electrons. The van der Waals surface area contributed by atoms with Gasteiger partial charge in [-0.25, -0.2) is 0 Å². The molecular formula is C14H28BN2O3P2. The third-order valence-corrected chi connectivity index (χ3v) is 4.84. The Labute approximate surface area is 140 Å². The van der Waals surface area contributed by atoms with Crippen molar-refractivity contribution >= 4 is 26.9 Å². The minimum absolute atomic E-state index is 0. The average Bonchev–Trinajstić information content (AvgIpc) is 2.55. The molecule has 8 heteroatoms. The van der Waals surface area contributed by atoms with Gasteiger partial charge < -0.3 is 15.3 Å². The summed E-state index contributed by atoms with van der Waals surface area (Å²) < 4.78 is 0. The van der Waals surface area contributed by atoms with Crippen molar-refractivity contribution < 1.29 is 15.3 Å². The van der Waals surface area contributed by atoms with E-state index in [4.69, 9.17) is 10.2 Å². The minimum atomic E-state index is -0.00344. The number of rotatable bonds is 4. The van der Waals surface area contributed by atoms with E-state index in [1.165, 1.54) is 5.57 Å². The fourth-order valence-electron chi connectivity index (χ4n) is 2.23. The summed E-state index contributed by atoms with van der Waals surface area (Å²) in [5, 5.41) is 26.9. The Morgan fingerprint density at radius 3 is 2.05 bits per heavy atom. The maximum absolute atomic E-state index is 9.34. The third-order valence-electron chi connectivity index (χ3n) is 3.81. The molecule has 2 unspecified atom stereocenters. The van der Waals surface area contributed by atoms with E-state index in [0.29, 0.717) is 12.3 Å². The Kier molecular flexibility index (Phi) is 12.5. The zero-order valence-electron chi connectivity index (χ0n) is 13.1. The third kappa shape index (κ3) is 7.54. The molecule has 0 bridgehead atoms. The summed E-state index contributed by atoms with van der Waals surface area (Å²) in [5.74, 6) is 0.348. The van der Waals surface area contributed by atoms with Crippen LogP contribution in [0.4, 0.5) is 0 Å². The molecule has 2 aliphatic heterocycles. The van der Waals surface area contributed by atoms with Crippen molar-refractivity contribution in [1.82, 2.24) is 9.80 Å². The van der Waals surface area contributed by atoms with E-state index < -0.39 is 0 Å². The normalized spacial score (nSPS) is 19.9. The van der Waals surface area contributed by atoms with Crippen LogP contribution in [0.5, 0.6) is 0 Å². The van der Waals surface area contributed by atoms with Gasteiger partial charge in [0.15, 0.2) is 0 Å². The zero-order chi connectivity index (χ0) is 15.7. The first kappa shape index (κ1) is 22.0. The molecule has 2 aliphatic rings. The largest absolute Gasteiger partial charge is 0.511 e. The molecule has 0 spiro atoms. The number of hydrogen-bond donors (Lipinski definition) is 3. The molecule has 0 aromatic carbocycles. The molecule has 5 nitrogen and oxygen atoms in total. The standard InChI is InChI=1S/C7H14NO2P.C7H14NOP.B/c9-4-6-1-2-8(5-11)3-7(6)10;9-5-7-1-3-8(6-10)4-2-7;/h9-10H,1-5,11H2;1,9H,2-6,10H2;. The summed E-state index contributed by atoms with van der Waals surface area (Å²) in [7, 11) is 5.33. The highest BCUT2D eigenvalue weighted by Gasteiger charge is 2.15. The Hall–Kier alpha value is 0.0449. The number of hydrogen-bond acceptors (Lipinski definition) is 5. The quantitative estimate of drug-likeness (QED) is 0.391. The molecule has 0 saturated carbocycles. The molecule has 3 N–H and O–H groups in total. The first-order valence-corrected chi connectivity index (χ1v) is 8.92. The van der Waals surface area contributed by atoms with Gasteiger partial charge in [0.2, 0.25) is 0 Å². The SMILES string of the molecule is OCC1=C(O)CN(CP)CC1.OCC1=CCN(CP)CC1.[B]. The number of aliphatic hydroxyl groups excluding tert-OH is 3. The van der Waals surface area contributed by atoms with E-state index in [-0.39, 0.29) is 21.6 Å². The fraction of sp³-hybridized carbons (Fsp3) is 0.714. The van der Waals surface area contributed by atoms with E-state index in [9.17, 15) is 5.11 Å². The number of nitrogens with zero attached hydrogens (tertiary/aromatic N) is 2. The lowest BCUT2D eigenvalue weighted by Gasteiger charge is -2.26. The van der Waals surface area contributed by atoms with Gasteiger partial charge in [-0.05, 0) is 24.0 Å². The van der Waals surface area contributed by atoms with Crippen LogP contribution in [0.2, 0.25) is 0 Å². The van der Waals surface area contributed by atoms with Crippen LogP contribution in [0.25, 0.3) is 0 Å². The van der Waals surface area contributed by atoms with E-state index >= 15 is 0 Å². The van der Waals surface area contributed by atoms with Gasteiger partial charge in [-0.1, -0.05) is 6.08 Å². The summed E-state index contributed by atoms with van der Waals surface area (Å²) in [5.41, 5.74) is 1.98. The van der Waals surface area contributed by atoms with Crippen molar-refractivity contribution in [2.24, 2.45) is 0 Å². The summed E-state index contributed by atoms with van der Waals surface area (Å²) in [6.45, 7) is 3.85. The van der Waals surface area contributed by atoms with Crippen LogP contribution >= 0.6 is 18.5 Å². The topological polar surface area (TPSA) is 67.2 Å². The molecule has 2 heterocycles. The molecule has 2 rings (SSSR count). The summed E-state index contributed by atoms with van der Waals surface area (Å²) in [6.07, 6.45) is 5.85. The van der Waals surface area contributed by atoms with Gasteiger partial charge in [0.1, 0.15) is 5.76 Å². The van der Waals surface area contributed by atoms with Crippen LogP contribution in [0.3, 0.4) is 0 Å². The van der Waals surface area contributed by atoms with Gasteiger partial charge in [-0.3, -0.25) is 9.80 Å². The smallest absolute Gasteiger partial charge is 0.108 e. The van der Waals surface area contributed by atoms with Crippen molar-refractivity contribution in [3.05, 3.63) is 23.0 Å². The van der Waals surface area contributed by atoms with Gasteiger partial charge in [-0.2, -0.15) is 0 Å². The summed E-state index contributed by atoms with van der Waals surface area (Å²) in [4.78, 5) is 4.43. The Morgan fingerprint density at radius 1 is 1.00 bits per heavy atom. The fourth-order valence-corrected chi connectivity index (χ4v) is 2.87. The highest BCUT2D eigenvalue weighted by Crippen LogP contribution is 2.15. The predicted octanol–water partition coefficient (Wildman–Crippen LogP) is 0.392. The Balaban J connectivity index is 0.000000385. The second-order valence-electron chi connectivity index (χ2n) is 5.22. The van der Waals surface area contributed by atoms with E-state index in [2.05, 4.69) is 34.4 Å². The summed E-state index contributed by atoms with van der Waals surface area (Å²) >= 11 is 0. The monoisotopic (exact) mass is 345 g/mol. The van der Waals surface area contributed by atoms with Gasteiger partial charge in [0.25, 0.3) is 0 Å². The first-order chi connectivity index (χ1) is 10.1. The lowest BCUT2D eigenvalue weighted by atomic mass is 10.1. The van der Waals surface area contributed by atoms with Gasteiger partial charge >= 0.3 is 0 Å². The van der Waals surface area contributed by atoms with Crippen LogP contribution in [-0.4, -0.2) is 85.5 Å². The Bertz CT molecular complexity index is 381. The first-order valence-electron chi connectivity index (χ1n) is 7.28. The molecule has 22 heavy (non-hydrogen) atoms. The van der Waals surface area contributed by atoms with E-state index in [1.54, 1.807) is 0 Å². The van der Waals surface area contributed by atoms with Crippen molar-refractivity contribution in [2.75, 3.05) is 52.0 Å². The molecule has 0 saturated heterocycles. The van der Waals surface area contributed by atoms with E-state index in [1.807, 2.05) is 0 Å². The molecule has 0 aromatic rings. The van der Waals surface area contributed by atoms with Crippen LogP contribution < -0.4 is 0 Å².